The number of carbonyl (C=O) groups excluding carboxylic acids is 3. The number of halogens is 11. The van der Waals surface area contributed by atoms with E-state index in [4.69, 9.17) is 0 Å². The molecule has 32 heteroatoms. The molecule has 3 aliphatic rings. The van der Waals surface area contributed by atoms with Crippen LogP contribution in [0.3, 0.4) is 0 Å². The first-order valence-electron chi connectivity index (χ1n) is 27.2. The lowest BCUT2D eigenvalue weighted by Crippen LogP contribution is -2.55. The number of aromatic nitrogens is 12. The summed E-state index contributed by atoms with van der Waals surface area (Å²) in [6.45, 7) is -0.324. The summed E-state index contributed by atoms with van der Waals surface area (Å²) in [5, 5.41) is 8.12. The lowest BCUT2D eigenvalue weighted by Gasteiger charge is -2.35. The number of fused-ring (bicyclic) bond motifs is 3. The largest absolute Gasteiger partial charge is 0.405 e. The molecule has 9 aromatic rings. The maximum Gasteiger partial charge on any atom is 0.405 e. The Morgan fingerprint density at radius 3 is 1.43 bits per heavy atom. The first-order valence-corrected chi connectivity index (χ1v) is 27.2. The van der Waals surface area contributed by atoms with Crippen molar-refractivity contribution in [1.29, 1.82) is 0 Å². The van der Waals surface area contributed by atoms with Crippen LogP contribution in [0.2, 0.25) is 0 Å². The number of hydrogen-bond donors (Lipinski definition) is 6. The predicted molar refractivity (Wildman–Crippen MR) is 311 cm³/mol. The summed E-state index contributed by atoms with van der Waals surface area (Å²) < 4.78 is 142. The van der Waals surface area contributed by atoms with E-state index in [1.165, 1.54) is 23.8 Å². The highest BCUT2D eigenvalue weighted by atomic mass is 19.4. The summed E-state index contributed by atoms with van der Waals surface area (Å²) in [5.74, 6) is -2.74. The normalized spacial score (nSPS) is 18.2. The minimum absolute atomic E-state index is 0. The van der Waals surface area contributed by atoms with E-state index in [1.807, 2.05) is 34.1 Å². The van der Waals surface area contributed by atoms with Gasteiger partial charge in [-0.05, 0) is 94.8 Å². The standard InChI is InChI=1S/C19H18F4N6O.C19H19F3N6O.C18H16F4N6O.6H2/c1-18(17(30)27-10-19(21,22)23)5-3-7-29(18)16-13(20)9-26-15(28-16)12-8-25-14-11(12)4-2-6-24-14;1-18(17(29)26-11-19(20,21)22)6-3-9-28(18)14-5-8-24-16(27-14)13-10-25-15-12(13)4-2-7-23-15;1-28(17(4-5-17)16(29)26-9-18(20,21)22)15-12(19)8-25-14(27-15)11-7-24-13-10(11)3-2-6-23-13;;;;;;/h2,4,6,8-9H,3,5,7,10H2,1H3,(H,24,25)(H,27,30);2,4-5,7-8,10H,3,6,9,11H2,1H3,(H,23,25)(H,26,29);2-3,6-8H,4-5,9H2,1H3,(H,23,24)(H,26,29);6*1H. The molecule has 0 radical (unpaired) electrons. The van der Waals surface area contributed by atoms with Crippen LogP contribution >= 0.6 is 0 Å². The molecule has 474 valence electrons. The van der Waals surface area contributed by atoms with Gasteiger partial charge in [0.05, 0.1) is 12.4 Å². The van der Waals surface area contributed by atoms with Gasteiger partial charge in [-0.2, -0.15) is 39.5 Å². The highest BCUT2D eigenvalue weighted by Crippen LogP contribution is 2.44. The summed E-state index contributed by atoms with van der Waals surface area (Å²) in [6, 6.07) is 12.5. The SMILES string of the molecule is CC1(C(=O)NCC(F)(F)F)CCCN1c1ccnc(-c2c[nH]c3ncccc23)n1.CC1(C(=O)NCC(F)(F)F)CCCN1c1nc(-c2c[nH]c3ncccc23)ncc1F.CN(c1nc(-c2c[nH]c3ncccc23)ncc1F)C1(C(=O)NCC(F)(F)F)CC1.[HH].[HH].[HH].[HH].[HH].[HH]. The minimum Gasteiger partial charge on any atom is -0.345 e. The first-order chi connectivity index (χ1) is 41.7. The van der Waals surface area contributed by atoms with Crippen molar-refractivity contribution < 1.29 is 71.2 Å². The number of amides is 3. The van der Waals surface area contributed by atoms with Gasteiger partial charge in [-0.3, -0.25) is 14.4 Å². The first kappa shape index (κ1) is 61.4. The van der Waals surface area contributed by atoms with Crippen LogP contribution in [0.4, 0.5) is 65.7 Å². The Kier molecular flexibility index (Phi) is 16.7. The number of nitrogens with one attached hydrogen (secondary N) is 6. The molecule has 2 atom stereocenters. The van der Waals surface area contributed by atoms with E-state index in [-0.39, 0.29) is 44.8 Å². The van der Waals surface area contributed by atoms with Gasteiger partial charge in [0.1, 0.15) is 59.0 Å². The molecule has 2 saturated heterocycles. The number of hydrogen-bond acceptors (Lipinski definition) is 15. The van der Waals surface area contributed by atoms with E-state index in [2.05, 4.69) is 59.8 Å². The van der Waals surface area contributed by atoms with Crippen molar-refractivity contribution in [2.75, 3.05) is 54.5 Å². The van der Waals surface area contributed by atoms with Crippen LogP contribution < -0.4 is 30.7 Å². The number of alkyl halides is 9. The zero-order valence-electron chi connectivity index (χ0n) is 46.8. The Balaban J connectivity index is 0.000000291. The Hall–Kier alpha value is -9.65. The number of rotatable bonds is 13. The van der Waals surface area contributed by atoms with Crippen molar-refractivity contribution >= 4 is 68.3 Å². The third kappa shape index (κ3) is 12.9. The number of H-pyrrole nitrogens is 3. The maximum atomic E-state index is 14.7. The fourth-order valence-electron chi connectivity index (χ4n) is 10.7. The van der Waals surface area contributed by atoms with Crippen LogP contribution in [0, 0.1) is 11.6 Å². The molecule has 88 heavy (non-hydrogen) atoms. The van der Waals surface area contributed by atoms with Gasteiger partial charge < -0.3 is 45.6 Å². The van der Waals surface area contributed by atoms with Crippen LogP contribution in [0.25, 0.3) is 67.3 Å². The van der Waals surface area contributed by atoms with Gasteiger partial charge in [0.25, 0.3) is 0 Å². The lowest BCUT2D eigenvalue weighted by atomic mass is 9.97. The Labute approximate surface area is 500 Å². The number of anilines is 3. The van der Waals surface area contributed by atoms with Crippen molar-refractivity contribution in [3.8, 4) is 34.2 Å². The zero-order chi connectivity index (χ0) is 63.0. The fraction of sp³-hybridized carbons (Fsp3) is 0.357. The van der Waals surface area contributed by atoms with Crippen molar-refractivity contribution in [1.82, 2.24) is 75.8 Å². The smallest absolute Gasteiger partial charge is 0.345 e. The van der Waals surface area contributed by atoms with Gasteiger partial charge in [-0.15, -0.1) is 0 Å². The Morgan fingerprint density at radius 1 is 0.545 bits per heavy atom. The molecule has 2 aliphatic heterocycles. The van der Waals surface area contributed by atoms with E-state index >= 15 is 0 Å². The molecule has 11 heterocycles. The van der Waals surface area contributed by atoms with Crippen LogP contribution in [-0.2, 0) is 14.4 Å². The molecule has 3 amide bonds. The quantitative estimate of drug-likeness (QED) is 0.0587. The van der Waals surface area contributed by atoms with E-state index in [1.54, 1.807) is 79.5 Å². The van der Waals surface area contributed by atoms with E-state index in [0.717, 1.165) is 34.1 Å². The predicted octanol–water partition coefficient (Wildman–Crippen LogP) is 10.5. The van der Waals surface area contributed by atoms with Gasteiger partial charge in [-0.1, -0.05) is 0 Å². The molecule has 0 bridgehead atoms. The molecule has 6 N–H and O–H groups in total. The van der Waals surface area contributed by atoms with Gasteiger partial charge in [0.15, 0.2) is 40.7 Å². The zero-order valence-corrected chi connectivity index (χ0v) is 46.8. The van der Waals surface area contributed by atoms with Crippen molar-refractivity contribution in [3.05, 3.63) is 110 Å². The summed E-state index contributed by atoms with van der Waals surface area (Å²) in [4.78, 5) is 89.2. The number of pyridine rings is 3. The molecular weight excluding hydrogens is 1180 g/mol. The van der Waals surface area contributed by atoms with Crippen molar-refractivity contribution in [2.45, 2.75) is 87.5 Å². The summed E-state index contributed by atoms with van der Waals surface area (Å²) in [5.41, 5.74) is 0.134. The highest BCUT2D eigenvalue weighted by molar-refractivity contribution is 5.96. The van der Waals surface area contributed by atoms with Gasteiger partial charge >= 0.3 is 18.5 Å². The minimum atomic E-state index is -4.54. The van der Waals surface area contributed by atoms with Crippen LogP contribution in [0.1, 0.15) is 60.9 Å². The van der Waals surface area contributed by atoms with Gasteiger partial charge in [-0.25, -0.2) is 53.6 Å². The molecule has 12 rings (SSSR count). The van der Waals surface area contributed by atoms with E-state index in [9.17, 15) is 62.7 Å². The average Bonchev–Trinajstić information content (AvgIpc) is 1.59. The van der Waals surface area contributed by atoms with Crippen molar-refractivity contribution in [3.63, 3.8) is 0 Å². The van der Waals surface area contributed by atoms with Crippen molar-refractivity contribution in [2.24, 2.45) is 0 Å². The lowest BCUT2D eigenvalue weighted by molar-refractivity contribution is -0.141. The topological polar surface area (TPSA) is 260 Å². The number of aromatic amines is 3. The maximum absolute atomic E-state index is 14.7. The second-order valence-corrected chi connectivity index (χ2v) is 21.3. The van der Waals surface area contributed by atoms with Crippen LogP contribution in [-0.4, -0.2) is 152 Å². The van der Waals surface area contributed by atoms with Crippen LogP contribution in [0.15, 0.2) is 98.2 Å². The summed E-state index contributed by atoms with van der Waals surface area (Å²) in [6.07, 6.45) is 2.47. The third-order valence-electron chi connectivity index (χ3n) is 15.4. The molecule has 0 spiro atoms. The third-order valence-corrected chi connectivity index (χ3v) is 15.4. The molecule has 0 aromatic carbocycles. The Bertz CT molecular complexity index is 4070. The molecule has 21 nitrogen and oxygen atoms in total. The average molecular weight is 1250 g/mol. The molecular formula is C56H65F11N18O3. The van der Waals surface area contributed by atoms with Gasteiger partial charge in [0.2, 0.25) is 17.7 Å². The summed E-state index contributed by atoms with van der Waals surface area (Å²) in [7, 11) is 1.44. The highest BCUT2D eigenvalue weighted by Gasteiger charge is 2.55. The monoisotopic (exact) mass is 1250 g/mol. The van der Waals surface area contributed by atoms with Gasteiger partial charge in [0, 0.05) is 105 Å². The number of carbonyl (C=O) groups is 3. The molecule has 1 aliphatic carbocycles. The number of nitrogens with zero attached hydrogens (tertiary/aromatic N) is 12. The molecule has 9 aromatic heterocycles. The second kappa shape index (κ2) is 23.9. The van der Waals surface area contributed by atoms with E-state index in [0.29, 0.717) is 78.4 Å². The summed E-state index contributed by atoms with van der Waals surface area (Å²) >= 11 is 0. The molecule has 1 saturated carbocycles. The number of likely N-dealkylation sites (N-methyl/N-ethyl adjacent to an activating group) is 1. The van der Waals surface area contributed by atoms with Crippen LogP contribution in [0.5, 0.6) is 0 Å². The second-order valence-electron chi connectivity index (χ2n) is 21.3. The Morgan fingerprint density at radius 2 is 0.966 bits per heavy atom. The fourth-order valence-corrected chi connectivity index (χ4v) is 10.7. The van der Waals surface area contributed by atoms with E-state index < -0.39 is 84.1 Å². The molecule has 2 unspecified atom stereocenters. The molecule has 3 fully saturated rings.